The van der Waals surface area contributed by atoms with E-state index in [-0.39, 0.29) is 11.8 Å². The van der Waals surface area contributed by atoms with Crippen molar-refractivity contribution in [1.29, 1.82) is 0 Å². The highest BCUT2D eigenvalue weighted by Crippen LogP contribution is 2.15. The minimum Gasteiger partial charge on any atom is -0.381 e. The molecule has 0 bridgehead atoms. The van der Waals surface area contributed by atoms with Crippen molar-refractivity contribution in [1.82, 2.24) is 5.32 Å². The fourth-order valence-corrected chi connectivity index (χ4v) is 2.55. The van der Waals surface area contributed by atoms with Gasteiger partial charge in [0.25, 0.3) is 0 Å². The molecule has 1 aliphatic heterocycles. The molecule has 1 rings (SSSR count). The third kappa shape index (κ3) is 7.56. The van der Waals surface area contributed by atoms with Crippen LogP contribution in [0.5, 0.6) is 0 Å². The molecule has 0 aromatic rings. The van der Waals surface area contributed by atoms with E-state index in [1.54, 1.807) is 0 Å². The second kappa shape index (κ2) is 10.2. The first kappa shape index (κ1) is 16.5. The van der Waals surface area contributed by atoms with Crippen molar-refractivity contribution in [2.24, 2.45) is 11.8 Å². The summed E-state index contributed by atoms with van der Waals surface area (Å²) < 4.78 is 5.33. The Labute approximate surface area is 118 Å². The van der Waals surface area contributed by atoms with E-state index in [0.29, 0.717) is 5.92 Å². The number of carbonyl (C=O) groups is 1. The molecule has 1 N–H and O–H groups in total. The Morgan fingerprint density at radius 2 is 1.89 bits per heavy atom. The van der Waals surface area contributed by atoms with Gasteiger partial charge in [0.15, 0.2) is 0 Å². The van der Waals surface area contributed by atoms with E-state index in [1.165, 1.54) is 32.1 Å². The predicted octanol–water partition coefficient (Wildman–Crippen LogP) is 3.53. The average Bonchev–Trinajstić information content (AvgIpc) is 2.45. The lowest BCUT2D eigenvalue weighted by Crippen LogP contribution is -2.35. The van der Waals surface area contributed by atoms with Gasteiger partial charge in [-0.1, -0.05) is 46.0 Å². The molecule has 1 heterocycles. The smallest absolute Gasteiger partial charge is 0.222 e. The average molecular weight is 269 g/mol. The Kier molecular flexibility index (Phi) is 8.89. The van der Waals surface area contributed by atoms with Crippen LogP contribution in [0.2, 0.25) is 0 Å². The fourth-order valence-electron chi connectivity index (χ4n) is 2.55. The third-order valence-electron chi connectivity index (χ3n) is 4.09. The number of hydrogen-bond acceptors (Lipinski definition) is 2. The van der Waals surface area contributed by atoms with E-state index in [4.69, 9.17) is 4.74 Å². The molecule has 0 aromatic heterocycles. The highest BCUT2D eigenvalue weighted by molar-refractivity contribution is 5.78. The second-order valence-electron chi connectivity index (χ2n) is 5.90. The van der Waals surface area contributed by atoms with Crippen LogP contribution in [0.3, 0.4) is 0 Å². The number of rotatable bonds is 9. The molecule has 1 aliphatic rings. The number of amides is 1. The molecule has 0 aromatic carbocycles. The SMILES string of the molecule is CCCCCCCC(C)C(=O)NCC1CCOCC1. The molecule has 1 saturated heterocycles. The lowest BCUT2D eigenvalue weighted by molar-refractivity contribution is -0.125. The minimum absolute atomic E-state index is 0.168. The first-order chi connectivity index (χ1) is 9.24. The number of unbranched alkanes of at least 4 members (excludes halogenated alkanes) is 4. The molecular formula is C16H31NO2. The molecule has 0 spiro atoms. The Hall–Kier alpha value is -0.570. The van der Waals surface area contributed by atoms with Crippen LogP contribution in [0.4, 0.5) is 0 Å². The molecule has 1 atom stereocenters. The zero-order chi connectivity index (χ0) is 13.9. The molecule has 19 heavy (non-hydrogen) atoms. The van der Waals surface area contributed by atoms with Crippen molar-refractivity contribution in [3.05, 3.63) is 0 Å². The Balaban J connectivity index is 2.03. The molecule has 1 unspecified atom stereocenters. The Bertz CT molecular complexity index is 237. The number of nitrogens with one attached hydrogen (secondary N) is 1. The van der Waals surface area contributed by atoms with Gasteiger partial charge in [-0.15, -0.1) is 0 Å². The van der Waals surface area contributed by atoms with Crippen molar-refractivity contribution >= 4 is 5.91 Å². The van der Waals surface area contributed by atoms with E-state index in [9.17, 15) is 4.79 Å². The molecule has 0 saturated carbocycles. The van der Waals surface area contributed by atoms with Gasteiger partial charge in [0.2, 0.25) is 5.91 Å². The largest absolute Gasteiger partial charge is 0.381 e. The molecule has 0 radical (unpaired) electrons. The predicted molar refractivity (Wildman–Crippen MR) is 79.1 cm³/mol. The van der Waals surface area contributed by atoms with Crippen LogP contribution in [0.25, 0.3) is 0 Å². The van der Waals surface area contributed by atoms with Crippen LogP contribution in [-0.4, -0.2) is 25.7 Å². The normalized spacial score (nSPS) is 18.2. The van der Waals surface area contributed by atoms with Crippen molar-refractivity contribution in [3.8, 4) is 0 Å². The highest BCUT2D eigenvalue weighted by Gasteiger charge is 2.17. The molecular weight excluding hydrogens is 238 g/mol. The topological polar surface area (TPSA) is 38.3 Å². The van der Waals surface area contributed by atoms with Gasteiger partial charge in [-0.05, 0) is 25.2 Å². The summed E-state index contributed by atoms with van der Waals surface area (Å²) in [6, 6.07) is 0. The number of ether oxygens (including phenoxy) is 1. The lowest BCUT2D eigenvalue weighted by atomic mass is 9.98. The summed E-state index contributed by atoms with van der Waals surface area (Å²) in [6.45, 7) is 6.83. The van der Waals surface area contributed by atoms with Gasteiger partial charge in [0, 0.05) is 25.7 Å². The summed E-state index contributed by atoms with van der Waals surface area (Å²) in [6.07, 6.45) is 9.58. The van der Waals surface area contributed by atoms with Gasteiger partial charge >= 0.3 is 0 Å². The van der Waals surface area contributed by atoms with Gasteiger partial charge in [-0.2, -0.15) is 0 Å². The zero-order valence-electron chi connectivity index (χ0n) is 12.7. The summed E-state index contributed by atoms with van der Waals surface area (Å²) in [5.74, 6) is 1.03. The van der Waals surface area contributed by atoms with Gasteiger partial charge < -0.3 is 10.1 Å². The summed E-state index contributed by atoms with van der Waals surface area (Å²) in [5.41, 5.74) is 0. The van der Waals surface area contributed by atoms with Crippen molar-refractivity contribution in [2.45, 2.75) is 65.2 Å². The number of carbonyl (C=O) groups excluding carboxylic acids is 1. The second-order valence-corrected chi connectivity index (χ2v) is 5.90. The highest BCUT2D eigenvalue weighted by atomic mass is 16.5. The fraction of sp³-hybridized carbons (Fsp3) is 0.938. The summed E-state index contributed by atoms with van der Waals surface area (Å²) in [7, 11) is 0. The van der Waals surface area contributed by atoms with E-state index >= 15 is 0 Å². The maximum atomic E-state index is 12.0. The van der Waals surface area contributed by atoms with Crippen LogP contribution in [0, 0.1) is 11.8 Å². The maximum Gasteiger partial charge on any atom is 0.222 e. The summed E-state index contributed by atoms with van der Waals surface area (Å²) >= 11 is 0. The van der Waals surface area contributed by atoms with E-state index < -0.39 is 0 Å². The maximum absolute atomic E-state index is 12.0. The molecule has 112 valence electrons. The van der Waals surface area contributed by atoms with E-state index in [0.717, 1.165) is 39.0 Å². The lowest BCUT2D eigenvalue weighted by Gasteiger charge is -2.23. The molecule has 3 nitrogen and oxygen atoms in total. The summed E-state index contributed by atoms with van der Waals surface area (Å²) in [5, 5.41) is 3.11. The molecule has 0 aliphatic carbocycles. The van der Waals surface area contributed by atoms with Crippen LogP contribution in [0.1, 0.15) is 65.2 Å². The van der Waals surface area contributed by atoms with Gasteiger partial charge in [-0.25, -0.2) is 0 Å². The van der Waals surface area contributed by atoms with Gasteiger partial charge in [0.05, 0.1) is 0 Å². The quantitative estimate of drug-likeness (QED) is 0.650. The van der Waals surface area contributed by atoms with Crippen molar-refractivity contribution in [3.63, 3.8) is 0 Å². The van der Waals surface area contributed by atoms with E-state index in [2.05, 4.69) is 19.2 Å². The van der Waals surface area contributed by atoms with Crippen LogP contribution >= 0.6 is 0 Å². The third-order valence-corrected chi connectivity index (χ3v) is 4.09. The first-order valence-corrected chi connectivity index (χ1v) is 8.09. The first-order valence-electron chi connectivity index (χ1n) is 8.09. The van der Waals surface area contributed by atoms with E-state index in [1.807, 2.05) is 0 Å². The summed E-state index contributed by atoms with van der Waals surface area (Å²) in [4.78, 5) is 12.0. The van der Waals surface area contributed by atoms with Crippen LogP contribution < -0.4 is 5.32 Å². The minimum atomic E-state index is 0.168. The van der Waals surface area contributed by atoms with Crippen molar-refractivity contribution in [2.75, 3.05) is 19.8 Å². The number of hydrogen-bond donors (Lipinski definition) is 1. The Morgan fingerprint density at radius 3 is 2.58 bits per heavy atom. The van der Waals surface area contributed by atoms with Gasteiger partial charge in [0.1, 0.15) is 0 Å². The zero-order valence-corrected chi connectivity index (χ0v) is 12.7. The molecule has 3 heteroatoms. The van der Waals surface area contributed by atoms with Gasteiger partial charge in [-0.3, -0.25) is 4.79 Å². The monoisotopic (exact) mass is 269 g/mol. The Morgan fingerprint density at radius 1 is 1.21 bits per heavy atom. The van der Waals surface area contributed by atoms with Crippen molar-refractivity contribution < 1.29 is 9.53 Å². The standard InChI is InChI=1S/C16H31NO2/c1-3-4-5-6-7-8-14(2)16(18)17-13-15-9-11-19-12-10-15/h14-15H,3-13H2,1-2H3,(H,17,18). The van der Waals surface area contributed by atoms with Crippen LogP contribution in [0.15, 0.2) is 0 Å². The molecule has 1 fully saturated rings. The van der Waals surface area contributed by atoms with Crippen LogP contribution in [-0.2, 0) is 9.53 Å². The molecule has 1 amide bonds.